The third-order valence-electron chi connectivity index (χ3n) is 3.52. The van der Waals surface area contributed by atoms with Crippen molar-refractivity contribution in [1.82, 2.24) is 9.97 Å². The highest BCUT2D eigenvalue weighted by Crippen LogP contribution is 2.19. The number of nitrogens with zero attached hydrogens (tertiary/aromatic N) is 3. The van der Waals surface area contributed by atoms with Crippen molar-refractivity contribution in [2.75, 3.05) is 23.3 Å². The average Bonchev–Trinajstić information content (AvgIpc) is 2.49. The third kappa shape index (κ3) is 3.94. The standard InChI is InChI=1S/C17H24N4/c1-5-14-8-10-15(11-9-14)19-16-12-13(4)18-17(20-16)21(6-2)7-3/h8-12H,5-7H2,1-4H3,(H,18,19,20). The van der Waals surface area contributed by atoms with Crippen LogP contribution in [0.5, 0.6) is 0 Å². The van der Waals surface area contributed by atoms with E-state index >= 15 is 0 Å². The van der Waals surface area contributed by atoms with Gasteiger partial charge in [0.2, 0.25) is 5.95 Å². The molecule has 1 heterocycles. The molecule has 4 heteroatoms. The molecule has 0 aliphatic heterocycles. The van der Waals surface area contributed by atoms with Gasteiger partial charge >= 0.3 is 0 Å². The topological polar surface area (TPSA) is 41.1 Å². The highest BCUT2D eigenvalue weighted by molar-refractivity contribution is 5.58. The number of anilines is 3. The van der Waals surface area contributed by atoms with E-state index in [2.05, 4.69) is 65.2 Å². The molecule has 112 valence electrons. The Labute approximate surface area is 127 Å². The van der Waals surface area contributed by atoms with Crippen molar-refractivity contribution in [3.05, 3.63) is 41.6 Å². The van der Waals surface area contributed by atoms with E-state index in [1.807, 2.05) is 13.0 Å². The quantitative estimate of drug-likeness (QED) is 0.872. The van der Waals surface area contributed by atoms with Crippen molar-refractivity contribution >= 4 is 17.5 Å². The van der Waals surface area contributed by atoms with Crippen molar-refractivity contribution < 1.29 is 0 Å². The molecule has 0 saturated carbocycles. The molecule has 0 spiro atoms. The summed E-state index contributed by atoms with van der Waals surface area (Å²) in [5, 5.41) is 3.36. The van der Waals surface area contributed by atoms with E-state index in [1.54, 1.807) is 0 Å². The van der Waals surface area contributed by atoms with Crippen LogP contribution < -0.4 is 10.2 Å². The summed E-state index contributed by atoms with van der Waals surface area (Å²) in [6.45, 7) is 10.2. The van der Waals surface area contributed by atoms with Gasteiger partial charge in [-0.25, -0.2) is 4.98 Å². The molecule has 1 aromatic heterocycles. The molecular formula is C17H24N4. The van der Waals surface area contributed by atoms with Crippen LogP contribution in [0.4, 0.5) is 17.5 Å². The van der Waals surface area contributed by atoms with Gasteiger partial charge in [0, 0.05) is 30.5 Å². The van der Waals surface area contributed by atoms with Gasteiger partial charge in [0.25, 0.3) is 0 Å². The lowest BCUT2D eigenvalue weighted by molar-refractivity contribution is 0.817. The Morgan fingerprint density at radius 1 is 1.00 bits per heavy atom. The minimum absolute atomic E-state index is 0.785. The Kier molecular flexibility index (Phi) is 5.14. The number of benzene rings is 1. The van der Waals surface area contributed by atoms with Gasteiger partial charge in [0.1, 0.15) is 5.82 Å². The van der Waals surface area contributed by atoms with Gasteiger partial charge in [-0.3, -0.25) is 0 Å². The van der Waals surface area contributed by atoms with E-state index in [4.69, 9.17) is 0 Å². The normalized spacial score (nSPS) is 10.5. The summed E-state index contributed by atoms with van der Waals surface area (Å²) in [5.74, 6) is 1.63. The number of aromatic nitrogens is 2. The van der Waals surface area contributed by atoms with Crippen LogP contribution >= 0.6 is 0 Å². The van der Waals surface area contributed by atoms with Crippen LogP contribution in [-0.2, 0) is 6.42 Å². The smallest absolute Gasteiger partial charge is 0.227 e. The molecule has 21 heavy (non-hydrogen) atoms. The highest BCUT2D eigenvalue weighted by Gasteiger charge is 2.08. The second kappa shape index (κ2) is 7.07. The largest absolute Gasteiger partial charge is 0.341 e. The zero-order valence-corrected chi connectivity index (χ0v) is 13.3. The van der Waals surface area contributed by atoms with E-state index in [0.717, 1.165) is 42.7 Å². The molecule has 2 rings (SSSR count). The van der Waals surface area contributed by atoms with Gasteiger partial charge in [0.15, 0.2) is 0 Å². The average molecular weight is 284 g/mol. The zero-order valence-electron chi connectivity index (χ0n) is 13.3. The van der Waals surface area contributed by atoms with E-state index in [0.29, 0.717) is 0 Å². The highest BCUT2D eigenvalue weighted by atomic mass is 15.3. The maximum atomic E-state index is 4.62. The number of rotatable bonds is 6. The van der Waals surface area contributed by atoms with Crippen molar-refractivity contribution in [1.29, 1.82) is 0 Å². The van der Waals surface area contributed by atoms with Crippen LogP contribution in [-0.4, -0.2) is 23.1 Å². The van der Waals surface area contributed by atoms with Crippen LogP contribution in [0.3, 0.4) is 0 Å². The Hall–Kier alpha value is -2.10. The number of hydrogen-bond acceptors (Lipinski definition) is 4. The van der Waals surface area contributed by atoms with Crippen LogP contribution in [0.25, 0.3) is 0 Å². The summed E-state index contributed by atoms with van der Waals surface area (Å²) in [4.78, 5) is 11.3. The molecule has 1 N–H and O–H groups in total. The summed E-state index contributed by atoms with van der Waals surface area (Å²) in [5.41, 5.74) is 3.36. The Balaban J connectivity index is 2.22. The Morgan fingerprint density at radius 2 is 1.67 bits per heavy atom. The first kappa shape index (κ1) is 15.3. The third-order valence-corrected chi connectivity index (χ3v) is 3.52. The molecule has 0 radical (unpaired) electrons. The molecule has 0 unspecified atom stereocenters. The van der Waals surface area contributed by atoms with Gasteiger partial charge in [-0.15, -0.1) is 0 Å². The number of nitrogens with one attached hydrogen (secondary N) is 1. The molecule has 0 aliphatic rings. The molecule has 0 fully saturated rings. The molecule has 1 aromatic carbocycles. The van der Waals surface area contributed by atoms with Gasteiger partial charge in [-0.05, 0) is 44.9 Å². The molecule has 4 nitrogen and oxygen atoms in total. The molecule has 0 saturated heterocycles. The second-order valence-electron chi connectivity index (χ2n) is 5.04. The van der Waals surface area contributed by atoms with Gasteiger partial charge in [0.05, 0.1) is 0 Å². The predicted octanol–water partition coefficient (Wildman–Crippen LogP) is 3.94. The van der Waals surface area contributed by atoms with Crippen molar-refractivity contribution in [2.24, 2.45) is 0 Å². The van der Waals surface area contributed by atoms with Crippen LogP contribution in [0.1, 0.15) is 32.0 Å². The van der Waals surface area contributed by atoms with Crippen LogP contribution in [0.15, 0.2) is 30.3 Å². The fraction of sp³-hybridized carbons (Fsp3) is 0.412. The van der Waals surface area contributed by atoms with Crippen LogP contribution in [0, 0.1) is 6.92 Å². The summed E-state index contributed by atoms with van der Waals surface area (Å²) >= 11 is 0. The summed E-state index contributed by atoms with van der Waals surface area (Å²) in [6.07, 6.45) is 1.05. The van der Waals surface area contributed by atoms with E-state index in [9.17, 15) is 0 Å². The van der Waals surface area contributed by atoms with Crippen molar-refractivity contribution in [3.63, 3.8) is 0 Å². The second-order valence-corrected chi connectivity index (χ2v) is 5.04. The molecule has 0 bridgehead atoms. The molecule has 0 amide bonds. The maximum absolute atomic E-state index is 4.62. The maximum Gasteiger partial charge on any atom is 0.227 e. The fourth-order valence-electron chi connectivity index (χ4n) is 2.24. The fourth-order valence-corrected chi connectivity index (χ4v) is 2.24. The summed E-state index contributed by atoms with van der Waals surface area (Å²) < 4.78 is 0. The van der Waals surface area contributed by atoms with Gasteiger partial charge in [-0.1, -0.05) is 19.1 Å². The lowest BCUT2D eigenvalue weighted by Gasteiger charge is -2.19. The van der Waals surface area contributed by atoms with Crippen molar-refractivity contribution in [2.45, 2.75) is 34.1 Å². The first-order chi connectivity index (χ1) is 10.2. The van der Waals surface area contributed by atoms with E-state index in [1.165, 1.54) is 5.56 Å². The van der Waals surface area contributed by atoms with E-state index < -0.39 is 0 Å². The van der Waals surface area contributed by atoms with Crippen molar-refractivity contribution in [3.8, 4) is 0 Å². The Bertz CT molecular complexity index is 574. The van der Waals surface area contributed by atoms with Gasteiger partial charge in [-0.2, -0.15) is 4.98 Å². The minimum atomic E-state index is 0.785. The predicted molar refractivity (Wildman–Crippen MR) is 89.4 cm³/mol. The van der Waals surface area contributed by atoms with Crippen LogP contribution in [0.2, 0.25) is 0 Å². The lowest BCUT2D eigenvalue weighted by atomic mass is 10.1. The lowest BCUT2D eigenvalue weighted by Crippen LogP contribution is -2.24. The summed E-state index contributed by atoms with van der Waals surface area (Å²) in [6, 6.07) is 10.4. The zero-order chi connectivity index (χ0) is 15.2. The first-order valence-corrected chi connectivity index (χ1v) is 7.62. The molecule has 0 atom stereocenters. The number of hydrogen-bond donors (Lipinski definition) is 1. The minimum Gasteiger partial charge on any atom is -0.341 e. The van der Waals surface area contributed by atoms with Gasteiger partial charge < -0.3 is 10.2 Å². The summed E-state index contributed by atoms with van der Waals surface area (Å²) in [7, 11) is 0. The number of aryl methyl sites for hydroxylation is 2. The monoisotopic (exact) mass is 284 g/mol. The SMILES string of the molecule is CCc1ccc(Nc2cc(C)nc(N(CC)CC)n2)cc1. The molecule has 0 aliphatic carbocycles. The Morgan fingerprint density at radius 3 is 2.24 bits per heavy atom. The molecule has 2 aromatic rings. The van der Waals surface area contributed by atoms with E-state index in [-0.39, 0.29) is 0 Å². The molecular weight excluding hydrogens is 260 g/mol. The first-order valence-electron chi connectivity index (χ1n) is 7.62.